The summed E-state index contributed by atoms with van der Waals surface area (Å²) in [4.78, 5) is 0. The summed E-state index contributed by atoms with van der Waals surface area (Å²) in [5.74, 6) is 1.55. The Bertz CT molecular complexity index is 441. The predicted molar refractivity (Wildman–Crippen MR) is 89.0 cm³/mol. The molecule has 1 nitrogen and oxygen atoms in total. The molecule has 0 radical (unpaired) electrons. The van der Waals surface area contributed by atoms with Crippen LogP contribution in [0.2, 0.25) is 0 Å². The molecule has 1 fully saturated rings. The Labute approximate surface area is 124 Å². The van der Waals surface area contributed by atoms with Gasteiger partial charge in [0.05, 0.1) is 0 Å². The van der Waals surface area contributed by atoms with Gasteiger partial charge in [-0.3, -0.25) is 0 Å². The molecule has 20 heavy (non-hydrogen) atoms. The quantitative estimate of drug-likeness (QED) is 0.689. The fourth-order valence-corrected chi connectivity index (χ4v) is 2.82. The molecule has 1 saturated carbocycles. The van der Waals surface area contributed by atoms with E-state index in [-0.39, 0.29) is 0 Å². The Hall–Kier alpha value is -1.08. The minimum absolute atomic E-state index is 0.736. The smallest absolute Gasteiger partial charge is 0.00139 e. The van der Waals surface area contributed by atoms with Crippen molar-refractivity contribution in [3.63, 3.8) is 0 Å². The molecule has 1 N–H and O–H groups in total. The SMILES string of the molecule is C/C(=C/CCNCC(C)C)c1ccccc1C1CCC1. The van der Waals surface area contributed by atoms with Crippen molar-refractivity contribution in [3.8, 4) is 0 Å². The molecule has 1 aliphatic rings. The zero-order valence-electron chi connectivity index (χ0n) is 13.3. The summed E-state index contributed by atoms with van der Waals surface area (Å²) in [7, 11) is 0. The Morgan fingerprint density at radius 2 is 2.05 bits per heavy atom. The van der Waals surface area contributed by atoms with E-state index in [0.717, 1.165) is 31.3 Å². The molecule has 0 aliphatic heterocycles. The highest BCUT2D eigenvalue weighted by molar-refractivity contribution is 5.67. The summed E-state index contributed by atoms with van der Waals surface area (Å²) < 4.78 is 0. The molecule has 0 spiro atoms. The van der Waals surface area contributed by atoms with Gasteiger partial charge in [-0.05, 0) is 67.8 Å². The van der Waals surface area contributed by atoms with Crippen LogP contribution in [-0.4, -0.2) is 13.1 Å². The second-order valence-electron chi connectivity index (χ2n) is 6.49. The average molecular weight is 271 g/mol. The Balaban J connectivity index is 1.92. The van der Waals surface area contributed by atoms with E-state index in [2.05, 4.69) is 56.4 Å². The molecule has 0 saturated heterocycles. The number of benzene rings is 1. The number of allylic oxidation sites excluding steroid dienone is 1. The second-order valence-corrected chi connectivity index (χ2v) is 6.49. The number of hydrogen-bond donors (Lipinski definition) is 1. The molecular formula is C19H29N. The third-order valence-corrected chi connectivity index (χ3v) is 4.25. The minimum atomic E-state index is 0.736. The van der Waals surface area contributed by atoms with Gasteiger partial charge in [-0.15, -0.1) is 0 Å². The number of rotatable bonds is 7. The van der Waals surface area contributed by atoms with Crippen LogP contribution in [0, 0.1) is 5.92 Å². The van der Waals surface area contributed by atoms with Crippen LogP contribution < -0.4 is 5.32 Å². The Morgan fingerprint density at radius 3 is 2.70 bits per heavy atom. The lowest BCUT2D eigenvalue weighted by Crippen LogP contribution is -2.20. The fourth-order valence-electron chi connectivity index (χ4n) is 2.82. The summed E-state index contributed by atoms with van der Waals surface area (Å²) in [5.41, 5.74) is 4.49. The monoisotopic (exact) mass is 271 g/mol. The molecule has 0 atom stereocenters. The van der Waals surface area contributed by atoms with Gasteiger partial charge in [0.1, 0.15) is 0 Å². The molecule has 110 valence electrons. The van der Waals surface area contributed by atoms with Crippen LogP contribution in [-0.2, 0) is 0 Å². The summed E-state index contributed by atoms with van der Waals surface area (Å²) in [6, 6.07) is 8.98. The van der Waals surface area contributed by atoms with Crippen molar-refractivity contribution in [2.24, 2.45) is 5.92 Å². The molecule has 2 rings (SSSR count). The van der Waals surface area contributed by atoms with Crippen LogP contribution in [0.25, 0.3) is 5.57 Å². The summed E-state index contributed by atoms with van der Waals surface area (Å²) in [5, 5.41) is 3.51. The van der Waals surface area contributed by atoms with E-state index >= 15 is 0 Å². The maximum atomic E-state index is 3.51. The standard InChI is InChI=1S/C19H29N/c1-15(2)14-20-13-7-8-16(3)18-11-4-5-12-19(18)17-9-6-10-17/h4-5,8,11-12,15,17,20H,6-7,9-10,13-14H2,1-3H3/b16-8-. The van der Waals surface area contributed by atoms with Crippen molar-refractivity contribution >= 4 is 5.57 Å². The van der Waals surface area contributed by atoms with Gasteiger partial charge in [0.2, 0.25) is 0 Å². The van der Waals surface area contributed by atoms with Crippen molar-refractivity contribution in [3.05, 3.63) is 41.5 Å². The van der Waals surface area contributed by atoms with Crippen molar-refractivity contribution in [1.82, 2.24) is 5.32 Å². The normalized spacial score (nSPS) is 16.5. The third-order valence-electron chi connectivity index (χ3n) is 4.25. The van der Waals surface area contributed by atoms with Gasteiger partial charge >= 0.3 is 0 Å². The average Bonchev–Trinajstić information content (AvgIpc) is 2.36. The molecule has 0 amide bonds. The maximum absolute atomic E-state index is 3.51. The predicted octanol–water partition coefficient (Wildman–Crippen LogP) is 4.99. The lowest BCUT2D eigenvalue weighted by molar-refractivity contribution is 0.419. The fraction of sp³-hybridized carbons (Fsp3) is 0.579. The third kappa shape index (κ3) is 4.21. The van der Waals surface area contributed by atoms with Crippen LogP contribution in [0.4, 0.5) is 0 Å². The topological polar surface area (TPSA) is 12.0 Å². The zero-order valence-corrected chi connectivity index (χ0v) is 13.3. The summed E-state index contributed by atoms with van der Waals surface area (Å²) in [6.45, 7) is 8.97. The minimum Gasteiger partial charge on any atom is -0.316 e. The Kier molecular flexibility index (Phi) is 5.85. The lowest BCUT2D eigenvalue weighted by Gasteiger charge is -2.28. The zero-order chi connectivity index (χ0) is 14.4. The van der Waals surface area contributed by atoms with Crippen LogP contribution >= 0.6 is 0 Å². The van der Waals surface area contributed by atoms with Gasteiger partial charge in [-0.25, -0.2) is 0 Å². The van der Waals surface area contributed by atoms with E-state index in [9.17, 15) is 0 Å². The molecule has 1 aromatic rings. The Morgan fingerprint density at radius 1 is 1.30 bits per heavy atom. The van der Waals surface area contributed by atoms with Gasteiger partial charge in [-0.2, -0.15) is 0 Å². The van der Waals surface area contributed by atoms with E-state index in [1.807, 2.05) is 0 Å². The second kappa shape index (κ2) is 7.64. The largest absolute Gasteiger partial charge is 0.316 e. The first-order chi connectivity index (χ1) is 9.68. The molecule has 0 aromatic heterocycles. The van der Waals surface area contributed by atoms with E-state index in [0.29, 0.717) is 0 Å². The van der Waals surface area contributed by atoms with Crippen LogP contribution in [0.3, 0.4) is 0 Å². The van der Waals surface area contributed by atoms with E-state index in [1.165, 1.54) is 30.4 Å². The van der Waals surface area contributed by atoms with Crippen molar-refractivity contribution < 1.29 is 0 Å². The summed E-state index contributed by atoms with van der Waals surface area (Å²) >= 11 is 0. The van der Waals surface area contributed by atoms with E-state index < -0.39 is 0 Å². The van der Waals surface area contributed by atoms with Crippen LogP contribution in [0.15, 0.2) is 30.3 Å². The first-order valence-corrected chi connectivity index (χ1v) is 8.15. The number of hydrogen-bond acceptors (Lipinski definition) is 1. The van der Waals surface area contributed by atoms with Gasteiger partial charge in [0.15, 0.2) is 0 Å². The van der Waals surface area contributed by atoms with Gasteiger partial charge < -0.3 is 5.32 Å². The molecule has 1 aliphatic carbocycles. The van der Waals surface area contributed by atoms with E-state index in [1.54, 1.807) is 5.56 Å². The van der Waals surface area contributed by atoms with Crippen LogP contribution in [0.1, 0.15) is 63.5 Å². The van der Waals surface area contributed by atoms with Crippen molar-refractivity contribution in [1.29, 1.82) is 0 Å². The number of nitrogens with one attached hydrogen (secondary N) is 1. The van der Waals surface area contributed by atoms with Gasteiger partial charge in [0.25, 0.3) is 0 Å². The first kappa shape index (κ1) is 15.3. The highest BCUT2D eigenvalue weighted by atomic mass is 14.8. The first-order valence-electron chi connectivity index (χ1n) is 8.15. The van der Waals surface area contributed by atoms with Crippen molar-refractivity contribution in [2.75, 3.05) is 13.1 Å². The molecule has 1 heteroatoms. The molecular weight excluding hydrogens is 242 g/mol. The van der Waals surface area contributed by atoms with Crippen LogP contribution in [0.5, 0.6) is 0 Å². The maximum Gasteiger partial charge on any atom is -0.00139 e. The lowest BCUT2D eigenvalue weighted by atomic mass is 9.77. The van der Waals surface area contributed by atoms with Crippen molar-refractivity contribution in [2.45, 2.75) is 52.4 Å². The summed E-state index contributed by atoms with van der Waals surface area (Å²) in [6.07, 6.45) is 7.67. The molecule has 0 bridgehead atoms. The molecule has 1 aromatic carbocycles. The van der Waals surface area contributed by atoms with Gasteiger partial charge in [-0.1, -0.05) is 50.6 Å². The molecule has 0 unspecified atom stereocenters. The molecule has 0 heterocycles. The van der Waals surface area contributed by atoms with E-state index in [4.69, 9.17) is 0 Å². The highest BCUT2D eigenvalue weighted by Gasteiger charge is 2.21. The highest BCUT2D eigenvalue weighted by Crippen LogP contribution is 2.39. The van der Waals surface area contributed by atoms with Gasteiger partial charge in [0, 0.05) is 0 Å².